The van der Waals surface area contributed by atoms with Gasteiger partial charge < -0.3 is 20.1 Å². The first-order chi connectivity index (χ1) is 11.1. The number of hydrogen-bond donors (Lipinski definition) is 2. The average Bonchev–Trinajstić information content (AvgIpc) is 3.02. The van der Waals surface area contributed by atoms with Gasteiger partial charge in [-0.25, -0.2) is 4.39 Å². The smallest absolute Gasteiger partial charge is 0.231 e. The number of nitrogens with one attached hydrogen (secondary N) is 2. The maximum atomic E-state index is 12.9. The Kier molecular flexibility index (Phi) is 4.62. The van der Waals surface area contributed by atoms with Crippen molar-refractivity contribution in [2.24, 2.45) is 0 Å². The van der Waals surface area contributed by atoms with E-state index < -0.39 is 0 Å². The van der Waals surface area contributed by atoms with Crippen LogP contribution in [0.4, 0.5) is 4.39 Å². The second-order valence-electron chi connectivity index (χ2n) is 5.29. The molecule has 2 aromatic rings. The molecule has 0 saturated heterocycles. The molecule has 0 unspecified atom stereocenters. The maximum Gasteiger partial charge on any atom is 0.231 e. The largest absolute Gasteiger partial charge is 0.454 e. The van der Waals surface area contributed by atoms with E-state index in [1.165, 1.54) is 12.1 Å². The Hall–Kier alpha value is -2.34. The molecule has 2 aromatic carbocycles. The Morgan fingerprint density at radius 1 is 1.17 bits per heavy atom. The SMILES string of the molecule is C[C@@H](NC(=S)NCc1ccc(F)cc1)c1ccc2c(c1)OCO2. The number of thiocarbonyl (C=S) groups is 1. The number of fused-ring (bicyclic) bond motifs is 1. The quantitative estimate of drug-likeness (QED) is 0.841. The van der Waals surface area contributed by atoms with E-state index in [2.05, 4.69) is 10.6 Å². The summed E-state index contributed by atoms with van der Waals surface area (Å²) in [4.78, 5) is 0. The molecule has 0 bridgehead atoms. The van der Waals surface area contributed by atoms with E-state index in [0.717, 1.165) is 22.6 Å². The molecule has 120 valence electrons. The minimum Gasteiger partial charge on any atom is -0.454 e. The zero-order valence-electron chi connectivity index (χ0n) is 12.6. The molecule has 23 heavy (non-hydrogen) atoms. The van der Waals surface area contributed by atoms with Crippen LogP contribution in [0.25, 0.3) is 0 Å². The topological polar surface area (TPSA) is 42.5 Å². The summed E-state index contributed by atoms with van der Waals surface area (Å²) in [6.45, 7) is 2.82. The Bertz CT molecular complexity index is 706. The molecule has 6 heteroatoms. The van der Waals surface area contributed by atoms with Crippen molar-refractivity contribution in [2.75, 3.05) is 6.79 Å². The van der Waals surface area contributed by atoms with Gasteiger partial charge in [0.25, 0.3) is 0 Å². The highest BCUT2D eigenvalue weighted by Gasteiger charge is 2.16. The van der Waals surface area contributed by atoms with Gasteiger partial charge in [-0.3, -0.25) is 0 Å². The third-order valence-electron chi connectivity index (χ3n) is 3.61. The molecule has 0 aromatic heterocycles. The van der Waals surface area contributed by atoms with E-state index in [4.69, 9.17) is 21.7 Å². The van der Waals surface area contributed by atoms with E-state index in [0.29, 0.717) is 11.7 Å². The van der Waals surface area contributed by atoms with Gasteiger partial charge in [0, 0.05) is 6.54 Å². The summed E-state index contributed by atoms with van der Waals surface area (Å²) in [5, 5.41) is 6.87. The fourth-order valence-corrected chi connectivity index (χ4v) is 2.55. The Morgan fingerprint density at radius 2 is 1.91 bits per heavy atom. The van der Waals surface area contributed by atoms with Crippen molar-refractivity contribution >= 4 is 17.3 Å². The number of halogens is 1. The highest BCUT2D eigenvalue weighted by Crippen LogP contribution is 2.34. The molecule has 2 N–H and O–H groups in total. The molecule has 0 fully saturated rings. The molecule has 0 spiro atoms. The summed E-state index contributed by atoms with van der Waals surface area (Å²) in [7, 11) is 0. The van der Waals surface area contributed by atoms with Gasteiger partial charge in [0.1, 0.15) is 5.82 Å². The summed E-state index contributed by atoms with van der Waals surface area (Å²) >= 11 is 5.30. The number of ether oxygens (including phenoxy) is 2. The number of benzene rings is 2. The Labute approximate surface area is 139 Å². The van der Waals surface area contributed by atoms with Crippen molar-refractivity contribution in [3.63, 3.8) is 0 Å². The predicted molar refractivity (Wildman–Crippen MR) is 90.0 cm³/mol. The molecular weight excluding hydrogens is 315 g/mol. The summed E-state index contributed by atoms with van der Waals surface area (Å²) in [6.07, 6.45) is 0. The van der Waals surface area contributed by atoms with Crippen molar-refractivity contribution in [3.05, 3.63) is 59.4 Å². The van der Waals surface area contributed by atoms with Crippen molar-refractivity contribution in [1.29, 1.82) is 0 Å². The highest BCUT2D eigenvalue weighted by molar-refractivity contribution is 7.80. The Morgan fingerprint density at radius 3 is 2.70 bits per heavy atom. The van der Waals surface area contributed by atoms with Crippen LogP contribution >= 0.6 is 12.2 Å². The standard InChI is InChI=1S/C17H17FN2O2S/c1-11(13-4-7-15-16(8-13)22-10-21-15)20-17(23)19-9-12-2-5-14(18)6-3-12/h2-8,11H,9-10H2,1H3,(H2,19,20,23)/t11-/m1/s1. The van der Waals surface area contributed by atoms with Crippen LogP contribution in [-0.4, -0.2) is 11.9 Å². The van der Waals surface area contributed by atoms with E-state index in [1.807, 2.05) is 25.1 Å². The second-order valence-corrected chi connectivity index (χ2v) is 5.70. The number of rotatable bonds is 4. The minimum absolute atomic E-state index is 0.0257. The highest BCUT2D eigenvalue weighted by atomic mass is 32.1. The molecule has 0 aliphatic carbocycles. The van der Waals surface area contributed by atoms with Crippen molar-refractivity contribution in [3.8, 4) is 11.5 Å². The van der Waals surface area contributed by atoms with Gasteiger partial charge in [-0.2, -0.15) is 0 Å². The summed E-state index contributed by atoms with van der Waals surface area (Å²) in [5.74, 6) is 1.27. The lowest BCUT2D eigenvalue weighted by atomic mass is 10.1. The van der Waals surface area contributed by atoms with Crippen LogP contribution < -0.4 is 20.1 Å². The summed E-state index contributed by atoms with van der Waals surface area (Å²) in [6, 6.07) is 12.2. The first-order valence-electron chi connectivity index (χ1n) is 7.30. The Balaban J connectivity index is 1.54. The lowest BCUT2D eigenvalue weighted by Crippen LogP contribution is -2.36. The van der Waals surface area contributed by atoms with Crippen LogP contribution in [0.2, 0.25) is 0 Å². The van der Waals surface area contributed by atoms with Crippen molar-refractivity contribution < 1.29 is 13.9 Å². The zero-order valence-corrected chi connectivity index (χ0v) is 13.5. The normalized spacial score (nSPS) is 13.5. The predicted octanol–water partition coefficient (Wildman–Crippen LogP) is 3.28. The zero-order chi connectivity index (χ0) is 16.2. The third-order valence-corrected chi connectivity index (χ3v) is 3.87. The van der Waals surface area contributed by atoms with Crippen LogP contribution in [0, 0.1) is 5.82 Å². The summed E-state index contributed by atoms with van der Waals surface area (Å²) in [5.41, 5.74) is 2.02. The molecule has 0 amide bonds. The molecule has 1 aliphatic rings. The monoisotopic (exact) mass is 332 g/mol. The molecule has 1 aliphatic heterocycles. The molecule has 3 rings (SSSR count). The van der Waals surface area contributed by atoms with E-state index in [9.17, 15) is 4.39 Å². The van der Waals surface area contributed by atoms with Crippen LogP contribution in [0.3, 0.4) is 0 Å². The molecule has 4 nitrogen and oxygen atoms in total. The van der Waals surface area contributed by atoms with Gasteiger partial charge in [-0.15, -0.1) is 0 Å². The van der Waals surface area contributed by atoms with Crippen LogP contribution in [0.5, 0.6) is 11.5 Å². The lowest BCUT2D eigenvalue weighted by molar-refractivity contribution is 0.174. The van der Waals surface area contributed by atoms with Crippen LogP contribution in [-0.2, 0) is 6.54 Å². The van der Waals surface area contributed by atoms with Crippen LogP contribution in [0.1, 0.15) is 24.1 Å². The lowest BCUT2D eigenvalue weighted by Gasteiger charge is -2.17. The molecular formula is C17H17FN2O2S. The molecule has 1 atom stereocenters. The van der Waals surface area contributed by atoms with E-state index in [-0.39, 0.29) is 18.7 Å². The second kappa shape index (κ2) is 6.83. The van der Waals surface area contributed by atoms with Gasteiger partial charge >= 0.3 is 0 Å². The van der Waals surface area contributed by atoms with E-state index >= 15 is 0 Å². The van der Waals surface area contributed by atoms with Gasteiger partial charge in [0.05, 0.1) is 6.04 Å². The molecule has 0 saturated carbocycles. The van der Waals surface area contributed by atoms with Crippen molar-refractivity contribution in [2.45, 2.75) is 19.5 Å². The van der Waals surface area contributed by atoms with Gasteiger partial charge in [-0.1, -0.05) is 18.2 Å². The fraction of sp³-hybridized carbons (Fsp3) is 0.235. The summed E-state index contributed by atoms with van der Waals surface area (Å²) < 4.78 is 23.5. The maximum absolute atomic E-state index is 12.9. The first kappa shape index (κ1) is 15.6. The third kappa shape index (κ3) is 3.90. The first-order valence-corrected chi connectivity index (χ1v) is 7.71. The fourth-order valence-electron chi connectivity index (χ4n) is 2.30. The van der Waals surface area contributed by atoms with E-state index in [1.54, 1.807) is 12.1 Å². The van der Waals surface area contributed by atoms with Crippen molar-refractivity contribution in [1.82, 2.24) is 10.6 Å². The minimum atomic E-state index is -0.245. The van der Waals surface area contributed by atoms with Gasteiger partial charge in [-0.05, 0) is 54.5 Å². The molecule has 0 radical (unpaired) electrons. The molecule has 1 heterocycles. The van der Waals surface area contributed by atoms with Gasteiger partial charge in [0.15, 0.2) is 16.6 Å². The van der Waals surface area contributed by atoms with Gasteiger partial charge in [0.2, 0.25) is 6.79 Å². The number of hydrogen-bond acceptors (Lipinski definition) is 3. The van der Waals surface area contributed by atoms with Crippen LogP contribution in [0.15, 0.2) is 42.5 Å². The average molecular weight is 332 g/mol.